The van der Waals surface area contributed by atoms with Gasteiger partial charge in [-0.15, -0.1) is 0 Å². The van der Waals surface area contributed by atoms with Crippen LogP contribution in [0.15, 0.2) is 34.9 Å². The zero-order valence-corrected chi connectivity index (χ0v) is 13.1. The molecule has 0 spiro atoms. The van der Waals surface area contributed by atoms with E-state index >= 15 is 0 Å². The Morgan fingerprint density at radius 1 is 1.08 bits per heavy atom. The molecule has 0 aliphatic rings. The van der Waals surface area contributed by atoms with Crippen molar-refractivity contribution in [1.29, 1.82) is 0 Å². The van der Waals surface area contributed by atoms with Crippen LogP contribution in [-0.2, 0) is 12.8 Å². The lowest BCUT2D eigenvalue weighted by Gasteiger charge is -2.08. The maximum Gasteiger partial charge on any atom is 0.471 e. The lowest BCUT2D eigenvalue weighted by molar-refractivity contribution is -0.159. The number of ether oxygens (including phenoxy) is 1. The summed E-state index contributed by atoms with van der Waals surface area (Å²) in [7, 11) is 0. The Hall–Kier alpha value is -3.04. The SMILES string of the molecule is Cc1cccc(OCc2cc(F)c(-c3noc(C(F)(F)F)n3)c(F)c2)n1. The first-order valence-corrected chi connectivity index (χ1v) is 7.19. The molecule has 5 nitrogen and oxygen atoms in total. The topological polar surface area (TPSA) is 61.0 Å². The quantitative estimate of drug-likeness (QED) is 0.640. The summed E-state index contributed by atoms with van der Waals surface area (Å²) < 4.78 is 75.1. The molecule has 3 aromatic rings. The summed E-state index contributed by atoms with van der Waals surface area (Å²) in [5.41, 5.74) is 0.000982. The number of hydrogen-bond acceptors (Lipinski definition) is 5. The lowest BCUT2D eigenvalue weighted by atomic mass is 10.1. The highest BCUT2D eigenvalue weighted by Crippen LogP contribution is 2.31. The van der Waals surface area contributed by atoms with Gasteiger partial charge in [0, 0.05) is 11.8 Å². The molecular formula is C16H10F5N3O2. The third-order valence-corrected chi connectivity index (χ3v) is 3.24. The summed E-state index contributed by atoms with van der Waals surface area (Å²) in [6.07, 6.45) is -4.91. The molecule has 0 aliphatic heterocycles. The van der Waals surface area contributed by atoms with E-state index in [0.29, 0.717) is 5.69 Å². The average molecular weight is 371 g/mol. The van der Waals surface area contributed by atoms with Gasteiger partial charge in [-0.3, -0.25) is 0 Å². The van der Waals surface area contributed by atoms with Gasteiger partial charge in [0.1, 0.15) is 18.2 Å². The fourth-order valence-electron chi connectivity index (χ4n) is 2.12. The van der Waals surface area contributed by atoms with E-state index in [1.165, 1.54) is 0 Å². The van der Waals surface area contributed by atoms with Gasteiger partial charge in [-0.2, -0.15) is 18.2 Å². The maximum atomic E-state index is 14.2. The summed E-state index contributed by atoms with van der Waals surface area (Å²) in [5.74, 6) is -4.54. The maximum absolute atomic E-state index is 14.2. The van der Waals surface area contributed by atoms with Crippen molar-refractivity contribution in [3.63, 3.8) is 0 Å². The van der Waals surface area contributed by atoms with Gasteiger partial charge < -0.3 is 9.26 Å². The van der Waals surface area contributed by atoms with Crippen molar-refractivity contribution in [2.75, 3.05) is 0 Å². The highest BCUT2D eigenvalue weighted by molar-refractivity contribution is 5.57. The molecule has 0 aliphatic carbocycles. The van der Waals surface area contributed by atoms with E-state index in [2.05, 4.69) is 19.6 Å². The first-order chi connectivity index (χ1) is 12.2. The van der Waals surface area contributed by atoms with Crippen molar-refractivity contribution in [3.8, 4) is 17.3 Å². The van der Waals surface area contributed by atoms with Crippen LogP contribution in [0.4, 0.5) is 22.0 Å². The van der Waals surface area contributed by atoms with Crippen LogP contribution in [-0.4, -0.2) is 15.1 Å². The zero-order valence-electron chi connectivity index (χ0n) is 13.1. The monoisotopic (exact) mass is 371 g/mol. The summed E-state index contributed by atoms with van der Waals surface area (Å²) >= 11 is 0. The Bertz CT molecular complexity index is 917. The molecule has 2 aromatic heterocycles. The van der Waals surface area contributed by atoms with E-state index in [9.17, 15) is 22.0 Å². The van der Waals surface area contributed by atoms with Crippen molar-refractivity contribution < 1.29 is 31.2 Å². The van der Waals surface area contributed by atoms with Gasteiger partial charge in [0.2, 0.25) is 11.7 Å². The minimum atomic E-state index is -4.91. The number of hydrogen-bond donors (Lipinski definition) is 0. The van der Waals surface area contributed by atoms with Crippen LogP contribution in [0.3, 0.4) is 0 Å². The third kappa shape index (κ3) is 3.79. The summed E-state index contributed by atoms with van der Waals surface area (Å²) in [5, 5.41) is 2.98. The molecule has 0 saturated heterocycles. The minimum absolute atomic E-state index is 0.117. The lowest BCUT2D eigenvalue weighted by Crippen LogP contribution is -2.05. The molecule has 0 amide bonds. The molecule has 3 rings (SSSR count). The molecule has 0 saturated carbocycles. The zero-order chi connectivity index (χ0) is 18.9. The fourth-order valence-corrected chi connectivity index (χ4v) is 2.12. The summed E-state index contributed by atoms with van der Waals surface area (Å²) in [6, 6.07) is 6.86. The normalized spacial score (nSPS) is 11.6. The van der Waals surface area contributed by atoms with E-state index in [-0.39, 0.29) is 18.1 Å². The molecule has 0 radical (unpaired) electrons. The fraction of sp³-hybridized carbons (Fsp3) is 0.188. The van der Waals surface area contributed by atoms with Crippen LogP contribution >= 0.6 is 0 Å². The number of aromatic nitrogens is 3. The van der Waals surface area contributed by atoms with Crippen molar-refractivity contribution in [2.24, 2.45) is 0 Å². The highest BCUT2D eigenvalue weighted by atomic mass is 19.4. The molecule has 26 heavy (non-hydrogen) atoms. The minimum Gasteiger partial charge on any atom is -0.473 e. The van der Waals surface area contributed by atoms with Crippen molar-refractivity contribution in [2.45, 2.75) is 19.7 Å². The number of benzene rings is 1. The van der Waals surface area contributed by atoms with Crippen LogP contribution in [0, 0.1) is 18.6 Å². The molecule has 0 bridgehead atoms. The van der Waals surface area contributed by atoms with Gasteiger partial charge in [-0.1, -0.05) is 11.2 Å². The van der Waals surface area contributed by atoms with Gasteiger partial charge in [0.15, 0.2) is 0 Å². The molecule has 0 atom stereocenters. The van der Waals surface area contributed by atoms with E-state index < -0.39 is 35.1 Å². The Balaban J connectivity index is 1.83. The number of pyridine rings is 1. The molecular weight excluding hydrogens is 361 g/mol. The molecule has 0 unspecified atom stereocenters. The summed E-state index contributed by atoms with van der Waals surface area (Å²) in [4.78, 5) is 7.06. The van der Waals surface area contributed by atoms with Gasteiger partial charge in [-0.25, -0.2) is 13.8 Å². The van der Waals surface area contributed by atoms with E-state index in [4.69, 9.17) is 4.74 Å². The van der Waals surface area contributed by atoms with Crippen molar-refractivity contribution in [3.05, 3.63) is 59.1 Å². The number of nitrogens with zero attached hydrogens (tertiary/aromatic N) is 3. The predicted molar refractivity (Wildman–Crippen MR) is 78.0 cm³/mol. The molecule has 136 valence electrons. The number of alkyl halides is 3. The van der Waals surface area contributed by atoms with Gasteiger partial charge in [-0.05, 0) is 30.7 Å². The molecule has 0 N–H and O–H groups in total. The third-order valence-electron chi connectivity index (χ3n) is 3.24. The van der Waals surface area contributed by atoms with E-state index in [1.54, 1.807) is 25.1 Å². The van der Waals surface area contributed by atoms with Gasteiger partial charge >= 0.3 is 12.1 Å². The van der Waals surface area contributed by atoms with E-state index in [0.717, 1.165) is 12.1 Å². The number of rotatable bonds is 4. The first kappa shape index (κ1) is 17.8. The van der Waals surface area contributed by atoms with Crippen LogP contribution in [0.2, 0.25) is 0 Å². The predicted octanol–water partition coefficient (Wildman–Crippen LogP) is 4.32. The second-order valence-corrected chi connectivity index (χ2v) is 5.26. The van der Waals surface area contributed by atoms with Crippen molar-refractivity contribution >= 4 is 0 Å². The van der Waals surface area contributed by atoms with Gasteiger partial charge in [0.25, 0.3) is 0 Å². The number of aryl methyl sites for hydroxylation is 1. The van der Waals surface area contributed by atoms with E-state index in [1.807, 2.05) is 0 Å². The Morgan fingerprint density at radius 3 is 2.35 bits per heavy atom. The van der Waals surface area contributed by atoms with Crippen LogP contribution in [0.1, 0.15) is 17.1 Å². The smallest absolute Gasteiger partial charge is 0.471 e. The molecule has 0 fully saturated rings. The largest absolute Gasteiger partial charge is 0.473 e. The Labute approximate surface area is 143 Å². The van der Waals surface area contributed by atoms with Crippen LogP contribution < -0.4 is 4.74 Å². The van der Waals surface area contributed by atoms with Crippen LogP contribution in [0.25, 0.3) is 11.4 Å². The van der Waals surface area contributed by atoms with Crippen molar-refractivity contribution in [1.82, 2.24) is 15.1 Å². The highest BCUT2D eigenvalue weighted by Gasteiger charge is 2.39. The van der Waals surface area contributed by atoms with Crippen LogP contribution in [0.5, 0.6) is 5.88 Å². The second-order valence-electron chi connectivity index (χ2n) is 5.26. The van der Waals surface area contributed by atoms with Gasteiger partial charge in [0.05, 0.1) is 5.56 Å². The second kappa shape index (κ2) is 6.70. The average Bonchev–Trinajstić information content (AvgIpc) is 3.02. The first-order valence-electron chi connectivity index (χ1n) is 7.19. The molecule has 10 heteroatoms. The number of halogens is 5. The Kier molecular flexibility index (Phi) is 4.58. The standard InChI is InChI=1S/C16H10F5N3O2/c1-8-3-2-4-12(22-8)25-7-9-5-10(17)13(11(18)6-9)14-23-15(26-24-14)16(19,20)21/h2-6H,7H2,1H3. The Morgan fingerprint density at radius 2 is 1.77 bits per heavy atom. The molecule has 2 heterocycles. The summed E-state index contributed by atoms with van der Waals surface area (Å²) in [6.45, 7) is 1.56. The molecule has 1 aromatic carbocycles.